The Morgan fingerprint density at radius 2 is 1.83 bits per heavy atom. The fraction of sp³-hybridized carbons (Fsp3) is 0.200. The zero-order valence-corrected chi connectivity index (χ0v) is 14.1. The van der Waals surface area contributed by atoms with Gasteiger partial charge in [-0.3, -0.25) is 0 Å². The fourth-order valence-electron chi connectivity index (χ4n) is 2.62. The zero-order valence-electron chi connectivity index (χ0n) is 13.3. The molecule has 1 aromatic heterocycles. The second-order valence-corrected chi connectivity index (χ2v) is 6.69. The lowest BCUT2D eigenvalue weighted by atomic mass is 9.98. The first-order valence-corrected chi connectivity index (χ1v) is 8.82. The van der Waals surface area contributed by atoms with Crippen molar-refractivity contribution < 1.29 is 9.13 Å². The van der Waals surface area contributed by atoms with E-state index in [1.54, 1.807) is 23.5 Å². The third kappa shape index (κ3) is 4.43. The van der Waals surface area contributed by atoms with E-state index in [0.717, 1.165) is 17.7 Å². The monoisotopic (exact) mass is 341 g/mol. The summed E-state index contributed by atoms with van der Waals surface area (Å²) < 4.78 is 18.8. The van der Waals surface area contributed by atoms with E-state index in [-0.39, 0.29) is 5.82 Å². The standard InChI is InChI=1S/C20H20FNOS/c21-18-8-6-15(7-9-18)14-23-19-4-1-3-16(12-19)11-17(13-22)20-5-2-10-24-20/h1-10,12,17H,11,13-14,22H2. The normalized spacial score (nSPS) is 12.1. The van der Waals surface area contributed by atoms with Gasteiger partial charge >= 0.3 is 0 Å². The third-order valence-electron chi connectivity index (χ3n) is 3.93. The average molecular weight is 341 g/mol. The summed E-state index contributed by atoms with van der Waals surface area (Å²) in [5.41, 5.74) is 8.09. The van der Waals surface area contributed by atoms with Crippen LogP contribution in [0.5, 0.6) is 5.75 Å². The van der Waals surface area contributed by atoms with Gasteiger partial charge in [0.25, 0.3) is 0 Å². The van der Waals surface area contributed by atoms with Crippen molar-refractivity contribution in [3.8, 4) is 5.75 Å². The van der Waals surface area contributed by atoms with Gasteiger partial charge < -0.3 is 10.5 Å². The Kier molecular flexibility index (Phi) is 5.62. The molecule has 0 fully saturated rings. The molecule has 1 atom stereocenters. The quantitative estimate of drug-likeness (QED) is 0.673. The highest BCUT2D eigenvalue weighted by atomic mass is 32.1. The van der Waals surface area contributed by atoms with Gasteiger partial charge in [-0.2, -0.15) is 0 Å². The van der Waals surface area contributed by atoms with Crippen molar-refractivity contribution in [2.75, 3.05) is 6.54 Å². The SMILES string of the molecule is NCC(Cc1cccc(OCc2ccc(F)cc2)c1)c1cccs1. The van der Waals surface area contributed by atoms with Gasteiger partial charge in [0, 0.05) is 17.3 Å². The van der Waals surface area contributed by atoms with Gasteiger partial charge in [0.1, 0.15) is 18.2 Å². The van der Waals surface area contributed by atoms with Crippen molar-refractivity contribution in [1.29, 1.82) is 0 Å². The Labute approximate surface area is 145 Å². The molecule has 4 heteroatoms. The molecule has 0 saturated carbocycles. The molecular weight excluding hydrogens is 321 g/mol. The molecular formula is C20H20FNOS. The summed E-state index contributed by atoms with van der Waals surface area (Å²) >= 11 is 1.75. The van der Waals surface area contributed by atoms with Crippen molar-refractivity contribution in [2.24, 2.45) is 5.73 Å². The molecule has 3 aromatic rings. The Bertz CT molecular complexity index is 756. The summed E-state index contributed by atoms with van der Waals surface area (Å²) in [4.78, 5) is 1.31. The predicted octanol–water partition coefficient (Wildman–Crippen LogP) is 4.75. The summed E-state index contributed by atoms with van der Waals surface area (Å²) in [6, 6.07) is 18.7. The zero-order chi connectivity index (χ0) is 16.8. The maximum atomic E-state index is 12.9. The lowest BCUT2D eigenvalue weighted by Crippen LogP contribution is -2.13. The van der Waals surface area contributed by atoms with Crippen molar-refractivity contribution in [3.63, 3.8) is 0 Å². The van der Waals surface area contributed by atoms with E-state index >= 15 is 0 Å². The van der Waals surface area contributed by atoms with E-state index in [2.05, 4.69) is 29.6 Å². The minimum Gasteiger partial charge on any atom is -0.489 e. The van der Waals surface area contributed by atoms with E-state index in [1.807, 2.05) is 12.1 Å². The first kappa shape index (κ1) is 16.7. The molecule has 2 N–H and O–H groups in total. The van der Waals surface area contributed by atoms with Gasteiger partial charge in [0.15, 0.2) is 0 Å². The van der Waals surface area contributed by atoms with Gasteiger partial charge in [-0.05, 0) is 53.3 Å². The minimum absolute atomic E-state index is 0.234. The minimum atomic E-state index is -0.234. The molecule has 0 aliphatic rings. The lowest BCUT2D eigenvalue weighted by molar-refractivity contribution is 0.305. The Morgan fingerprint density at radius 3 is 2.54 bits per heavy atom. The number of hydrogen-bond donors (Lipinski definition) is 1. The highest BCUT2D eigenvalue weighted by Crippen LogP contribution is 2.26. The number of rotatable bonds is 7. The summed E-state index contributed by atoms with van der Waals surface area (Å²) in [7, 11) is 0. The van der Waals surface area contributed by atoms with Crippen LogP contribution in [0.1, 0.15) is 21.9 Å². The average Bonchev–Trinajstić information content (AvgIpc) is 3.14. The van der Waals surface area contributed by atoms with Gasteiger partial charge in [-0.1, -0.05) is 30.3 Å². The fourth-order valence-corrected chi connectivity index (χ4v) is 3.46. The molecule has 1 heterocycles. The van der Waals surface area contributed by atoms with Crippen LogP contribution in [0.25, 0.3) is 0 Å². The van der Waals surface area contributed by atoms with Crippen molar-refractivity contribution in [1.82, 2.24) is 0 Å². The van der Waals surface area contributed by atoms with E-state index in [4.69, 9.17) is 10.5 Å². The molecule has 1 unspecified atom stereocenters. The van der Waals surface area contributed by atoms with E-state index in [1.165, 1.54) is 22.6 Å². The van der Waals surface area contributed by atoms with Crippen LogP contribution in [0.3, 0.4) is 0 Å². The van der Waals surface area contributed by atoms with Crippen LogP contribution in [0, 0.1) is 5.82 Å². The molecule has 3 rings (SSSR count). The summed E-state index contributed by atoms with van der Waals surface area (Å²) in [5.74, 6) is 0.915. The number of hydrogen-bond acceptors (Lipinski definition) is 3. The molecule has 0 radical (unpaired) electrons. The highest BCUT2D eigenvalue weighted by molar-refractivity contribution is 7.10. The highest BCUT2D eigenvalue weighted by Gasteiger charge is 2.12. The van der Waals surface area contributed by atoms with Crippen molar-refractivity contribution in [2.45, 2.75) is 18.9 Å². The van der Waals surface area contributed by atoms with Crippen LogP contribution in [-0.4, -0.2) is 6.54 Å². The molecule has 0 amide bonds. The van der Waals surface area contributed by atoms with Crippen molar-refractivity contribution in [3.05, 3.63) is 87.9 Å². The Hall–Kier alpha value is -2.17. The number of nitrogens with two attached hydrogens (primary N) is 1. The smallest absolute Gasteiger partial charge is 0.123 e. The second kappa shape index (κ2) is 8.08. The number of thiophene rings is 1. The number of ether oxygens (including phenoxy) is 1. The molecule has 2 nitrogen and oxygen atoms in total. The molecule has 0 spiro atoms. The molecule has 0 bridgehead atoms. The van der Waals surface area contributed by atoms with Crippen LogP contribution in [0.15, 0.2) is 66.0 Å². The molecule has 24 heavy (non-hydrogen) atoms. The first-order valence-electron chi connectivity index (χ1n) is 7.94. The third-order valence-corrected chi connectivity index (χ3v) is 4.96. The van der Waals surface area contributed by atoms with Crippen LogP contribution >= 0.6 is 11.3 Å². The second-order valence-electron chi connectivity index (χ2n) is 5.71. The summed E-state index contributed by atoms with van der Waals surface area (Å²) in [5, 5.41) is 2.08. The van der Waals surface area contributed by atoms with Gasteiger partial charge in [0.05, 0.1) is 0 Å². The molecule has 0 saturated heterocycles. The van der Waals surface area contributed by atoms with Gasteiger partial charge in [-0.25, -0.2) is 4.39 Å². The maximum absolute atomic E-state index is 12.9. The molecule has 124 valence electrons. The number of benzene rings is 2. The Balaban J connectivity index is 1.64. The summed E-state index contributed by atoms with van der Waals surface area (Å²) in [6.45, 7) is 1.05. The van der Waals surface area contributed by atoms with Crippen LogP contribution in [0.4, 0.5) is 4.39 Å². The van der Waals surface area contributed by atoms with Gasteiger partial charge in [-0.15, -0.1) is 11.3 Å². The predicted molar refractivity (Wildman–Crippen MR) is 97.0 cm³/mol. The van der Waals surface area contributed by atoms with Gasteiger partial charge in [0.2, 0.25) is 0 Å². The van der Waals surface area contributed by atoms with Crippen LogP contribution in [0.2, 0.25) is 0 Å². The van der Waals surface area contributed by atoms with Crippen LogP contribution in [-0.2, 0) is 13.0 Å². The van der Waals surface area contributed by atoms with E-state index in [9.17, 15) is 4.39 Å². The topological polar surface area (TPSA) is 35.2 Å². The molecule has 0 aliphatic heterocycles. The van der Waals surface area contributed by atoms with E-state index in [0.29, 0.717) is 19.1 Å². The largest absolute Gasteiger partial charge is 0.489 e. The van der Waals surface area contributed by atoms with Crippen molar-refractivity contribution >= 4 is 11.3 Å². The number of halogens is 1. The maximum Gasteiger partial charge on any atom is 0.123 e. The van der Waals surface area contributed by atoms with Crippen LogP contribution < -0.4 is 10.5 Å². The molecule has 2 aromatic carbocycles. The lowest BCUT2D eigenvalue weighted by Gasteiger charge is -2.14. The molecule has 0 aliphatic carbocycles. The Morgan fingerprint density at radius 1 is 1.00 bits per heavy atom. The first-order chi connectivity index (χ1) is 11.7. The van der Waals surface area contributed by atoms with E-state index < -0.39 is 0 Å². The summed E-state index contributed by atoms with van der Waals surface area (Å²) in [6.07, 6.45) is 0.894.